The molecular weight excluding hydrogens is 390 g/mol. The Balaban J connectivity index is 1.59. The van der Waals surface area contributed by atoms with Crippen molar-refractivity contribution in [3.63, 3.8) is 0 Å². The molecule has 2 aromatic rings. The topological polar surface area (TPSA) is 97.2 Å². The van der Waals surface area contributed by atoms with Crippen LogP contribution >= 0.6 is 0 Å². The number of aromatic nitrogens is 3. The maximum atomic E-state index is 12.7. The van der Waals surface area contributed by atoms with E-state index in [-0.39, 0.29) is 17.6 Å². The SMILES string of the molecule is CC[C@H]1CCC[C@H]1n1c(=O)ccc2cnc(NC3CCN(S(C)(=O)=O)CC3)nc21. The number of fused-ring (bicyclic) bond motifs is 1. The van der Waals surface area contributed by atoms with Gasteiger partial charge in [0, 0.05) is 42.8 Å². The summed E-state index contributed by atoms with van der Waals surface area (Å²) in [5, 5.41) is 4.21. The van der Waals surface area contributed by atoms with Gasteiger partial charge in [-0.3, -0.25) is 9.36 Å². The molecule has 29 heavy (non-hydrogen) atoms. The number of anilines is 1. The summed E-state index contributed by atoms with van der Waals surface area (Å²) in [5.41, 5.74) is 0.683. The molecule has 2 aliphatic rings. The quantitative estimate of drug-likeness (QED) is 0.799. The molecule has 0 radical (unpaired) electrons. The molecule has 2 atom stereocenters. The fourth-order valence-corrected chi connectivity index (χ4v) is 5.65. The lowest BCUT2D eigenvalue weighted by molar-refractivity contribution is 0.331. The summed E-state index contributed by atoms with van der Waals surface area (Å²) >= 11 is 0. The standard InChI is InChI=1S/C20H29N5O3S/c1-3-14-5-4-6-17(14)25-18(26)8-7-15-13-21-20(23-19(15)25)22-16-9-11-24(12-10-16)29(2,27)28/h7-8,13-14,16-17H,3-6,9-12H2,1-2H3,(H,21,22,23)/t14-,17+/m0/s1. The van der Waals surface area contributed by atoms with Crippen molar-refractivity contribution in [2.75, 3.05) is 24.7 Å². The minimum atomic E-state index is -3.14. The molecule has 0 spiro atoms. The van der Waals surface area contributed by atoms with Crippen molar-refractivity contribution in [1.29, 1.82) is 0 Å². The summed E-state index contributed by atoms with van der Waals surface area (Å²) in [6.45, 7) is 3.17. The van der Waals surface area contributed by atoms with Crippen LogP contribution in [-0.4, -0.2) is 52.6 Å². The average molecular weight is 420 g/mol. The van der Waals surface area contributed by atoms with E-state index in [1.807, 2.05) is 4.57 Å². The second-order valence-corrected chi connectivity index (χ2v) is 10.2. The highest BCUT2D eigenvalue weighted by Gasteiger charge is 2.30. The van der Waals surface area contributed by atoms with E-state index in [1.165, 1.54) is 10.6 Å². The maximum absolute atomic E-state index is 12.7. The van der Waals surface area contributed by atoms with E-state index in [1.54, 1.807) is 18.3 Å². The highest BCUT2D eigenvalue weighted by Crippen LogP contribution is 2.38. The summed E-state index contributed by atoms with van der Waals surface area (Å²) in [7, 11) is -3.14. The lowest BCUT2D eigenvalue weighted by Crippen LogP contribution is -2.42. The minimum absolute atomic E-state index is 0.00559. The monoisotopic (exact) mass is 419 g/mol. The zero-order valence-corrected chi connectivity index (χ0v) is 17.9. The Labute approximate surface area is 171 Å². The number of piperidine rings is 1. The molecule has 2 aromatic heterocycles. The number of sulfonamides is 1. The van der Waals surface area contributed by atoms with Gasteiger partial charge in [-0.15, -0.1) is 0 Å². The number of hydrogen-bond acceptors (Lipinski definition) is 6. The average Bonchev–Trinajstić information content (AvgIpc) is 3.16. The number of nitrogens with zero attached hydrogens (tertiary/aromatic N) is 4. The van der Waals surface area contributed by atoms with Crippen molar-refractivity contribution in [3.05, 3.63) is 28.7 Å². The van der Waals surface area contributed by atoms with Gasteiger partial charge in [0.1, 0.15) is 5.65 Å². The fraction of sp³-hybridized carbons (Fsp3) is 0.650. The fourth-order valence-electron chi connectivity index (χ4n) is 4.78. The third-order valence-electron chi connectivity index (χ3n) is 6.40. The Morgan fingerprint density at radius 3 is 2.62 bits per heavy atom. The number of hydrogen-bond donors (Lipinski definition) is 1. The van der Waals surface area contributed by atoms with Crippen LogP contribution in [0, 0.1) is 5.92 Å². The Hall–Kier alpha value is -2.00. The second kappa shape index (κ2) is 8.02. The van der Waals surface area contributed by atoms with Crippen LogP contribution in [0.1, 0.15) is 51.5 Å². The molecular formula is C20H29N5O3S. The summed E-state index contributed by atoms with van der Waals surface area (Å²) in [6.07, 6.45) is 8.78. The summed E-state index contributed by atoms with van der Waals surface area (Å²) in [6, 6.07) is 3.71. The maximum Gasteiger partial charge on any atom is 0.252 e. The molecule has 1 aliphatic heterocycles. The molecule has 0 unspecified atom stereocenters. The van der Waals surface area contributed by atoms with Gasteiger partial charge in [-0.25, -0.2) is 17.7 Å². The molecule has 9 heteroatoms. The van der Waals surface area contributed by atoms with Gasteiger partial charge in [0.05, 0.1) is 6.26 Å². The third-order valence-corrected chi connectivity index (χ3v) is 7.70. The molecule has 1 saturated carbocycles. The normalized spacial score (nSPS) is 24.2. The van der Waals surface area contributed by atoms with Crippen LogP contribution in [0.25, 0.3) is 11.0 Å². The Morgan fingerprint density at radius 1 is 1.17 bits per heavy atom. The first kappa shape index (κ1) is 20.3. The van der Waals surface area contributed by atoms with Crippen molar-refractivity contribution in [2.24, 2.45) is 5.92 Å². The van der Waals surface area contributed by atoms with Gasteiger partial charge < -0.3 is 5.32 Å². The minimum Gasteiger partial charge on any atom is -0.351 e. The van der Waals surface area contributed by atoms with Crippen molar-refractivity contribution in [1.82, 2.24) is 18.8 Å². The molecule has 8 nitrogen and oxygen atoms in total. The van der Waals surface area contributed by atoms with Crippen LogP contribution < -0.4 is 10.9 Å². The zero-order chi connectivity index (χ0) is 20.6. The molecule has 0 aromatic carbocycles. The van der Waals surface area contributed by atoms with Crippen LogP contribution in [0.4, 0.5) is 5.95 Å². The lowest BCUT2D eigenvalue weighted by Gasteiger charge is -2.30. The van der Waals surface area contributed by atoms with E-state index >= 15 is 0 Å². The van der Waals surface area contributed by atoms with Gasteiger partial charge in [-0.2, -0.15) is 4.98 Å². The second-order valence-electron chi connectivity index (χ2n) is 8.26. The summed E-state index contributed by atoms with van der Waals surface area (Å²) < 4.78 is 26.8. The highest BCUT2D eigenvalue weighted by atomic mass is 32.2. The van der Waals surface area contributed by atoms with Crippen LogP contribution in [0.2, 0.25) is 0 Å². The molecule has 0 amide bonds. The first-order valence-corrected chi connectivity index (χ1v) is 12.3. The van der Waals surface area contributed by atoms with Crippen molar-refractivity contribution in [2.45, 2.75) is 57.5 Å². The largest absolute Gasteiger partial charge is 0.351 e. The van der Waals surface area contributed by atoms with Gasteiger partial charge in [-0.05, 0) is 37.7 Å². The molecule has 1 N–H and O–H groups in total. The number of nitrogens with one attached hydrogen (secondary N) is 1. The first-order valence-electron chi connectivity index (χ1n) is 10.5. The van der Waals surface area contributed by atoms with Crippen LogP contribution in [-0.2, 0) is 10.0 Å². The molecule has 1 aliphatic carbocycles. The van der Waals surface area contributed by atoms with E-state index in [9.17, 15) is 13.2 Å². The van der Waals surface area contributed by atoms with Gasteiger partial charge in [0.25, 0.3) is 5.56 Å². The number of rotatable bonds is 5. The Bertz CT molecular complexity index is 1040. The Morgan fingerprint density at radius 2 is 1.93 bits per heavy atom. The van der Waals surface area contributed by atoms with Gasteiger partial charge in [0.2, 0.25) is 16.0 Å². The first-order chi connectivity index (χ1) is 13.9. The number of pyridine rings is 1. The molecule has 3 heterocycles. The summed E-state index contributed by atoms with van der Waals surface area (Å²) in [5.74, 6) is 1.01. The molecule has 158 valence electrons. The lowest BCUT2D eigenvalue weighted by atomic mass is 10.00. The molecule has 1 saturated heterocycles. The van der Waals surface area contributed by atoms with Crippen LogP contribution in [0.5, 0.6) is 0 Å². The van der Waals surface area contributed by atoms with E-state index < -0.39 is 10.0 Å². The molecule has 0 bridgehead atoms. The van der Waals surface area contributed by atoms with Crippen molar-refractivity contribution >= 4 is 27.0 Å². The zero-order valence-electron chi connectivity index (χ0n) is 17.0. The van der Waals surface area contributed by atoms with E-state index in [0.29, 0.717) is 43.4 Å². The van der Waals surface area contributed by atoms with E-state index in [0.717, 1.165) is 31.1 Å². The van der Waals surface area contributed by atoms with Gasteiger partial charge in [0.15, 0.2) is 0 Å². The Kier molecular flexibility index (Phi) is 5.61. The summed E-state index contributed by atoms with van der Waals surface area (Å²) in [4.78, 5) is 21.9. The van der Waals surface area contributed by atoms with Crippen molar-refractivity contribution in [3.8, 4) is 0 Å². The van der Waals surface area contributed by atoms with Gasteiger partial charge >= 0.3 is 0 Å². The third kappa shape index (κ3) is 4.16. The van der Waals surface area contributed by atoms with E-state index in [4.69, 9.17) is 4.98 Å². The van der Waals surface area contributed by atoms with Crippen LogP contribution in [0.3, 0.4) is 0 Å². The highest BCUT2D eigenvalue weighted by molar-refractivity contribution is 7.88. The van der Waals surface area contributed by atoms with E-state index in [2.05, 4.69) is 17.2 Å². The molecule has 4 rings (SSSR count). The smallest absolute Gasteiger partial charge is 0.252 e. The predicted octanol–water partition coefficient (Wildman–Crippen LogP) is 2.38. The van der Waals surface area contributed by atoms with Crippen LogP contribution in [0.15, 0.2) is 23.1 Å². The van der Waals surface area contributed by atoms with Crippen molar-refractivity contribution < 1.29 is 8.42 Å². The molecule has 2 fully saturated rings. The van der Waals surface area contributed by atoms with Gasteiger partial charge in [-0.1, -0.05) is 19.8 Å². The predicted molar refractivity (Wildman–Crippen MR) is 114 cm³/mol.